The average Bonchev–Trinajstić information content (AvgIpc) is 2.04. The minimum absolute atomic E-state index is 0.00231. The van der Waals surface area contributed by atoms with Crippen LogP contribution in [0.15, 0.2) is 24.3 Å². The lowest BCUT2D eigenvalue weighted by Crippen LogP contribution is -2.07. The van der Waals surface area contributed by atoms with Crippen LogP contribution in [0.25, 0.3) is 0 Å². The quantitative estimate of drug-likeness (QED) is 0.588. The van der Waals surface area contributed by atoms with E-state index in [2.05, 4.69) is 0 Å². The van der Waals surface area contributed by atoms with Crippen LogP contribution in [0.5, 0.6) is 0 Å². The molecule has 0 spiro atoms. The van der Waals surface area contributed by atoms with Crippen LogP contribution in [0.4, 0.5) is 4.39 Å². The Bertz CT molecular complexity index is 273. The summed E-state index contributed by atoms with van der Waals surface area (Å²) in [7, 11) is 0. The number of carbonyl (C=O) groups excluding carboxylic acids is 1. The Kier molecular flexibility index (Phi) is 2.33. The van der Waals surface area contributed by atoms with Gasteiger partial charge in [-0.15, -0.1) is 0 Å². The average molecular weight is 152 g/mol. The maximum absolute atomic E-state index is 12.7. The molecule has 0 aromatic heterocycles. The first-order valence-corrected chi connectivity index (χ1v) is 3.18. The fourth-order valence-corrected chi connectivity index (χ4v) is 0.783. The van der Waals surface area contributed by atoms with E-state index >= 15 is 0 Å². The van der Waals surface area contributed by atoms with E-state index in [-0.39, 0.29) is 5.56 Å². The molecule has 0 saturated carbocycles. The van der Waals surface area contributed by atoms with Gasteiger partial charge in [0.05, 0.1) is 12.1 Å². The van der Waals surface area contributed by atoms with Crippen molar-refractivity contribution in [3.8, 4) is 0 Å². The lowest BCUT2D eigenvalue weighted by molar-refractivity contribution is 0.0996. The summed E-state index contributed by atoms with van der Waals surface area (Å²) in [6.45, 7) is -0.402. The number of benzene rings is 1. The second-order valence-electron chi connectivity index (χ2n) is 2.08. The van der Waals surface area contributed by atoms with Gasteiger partial charge in [-0.25, -0.2) is 10.1 Å². The lowest BCUT2D eigenvalue weighted by atomic mass is 10.1. The maximum Gasteiger partial charge on any atom is 0.180 e. The Labute approximate surface area is 63.8 Å². The van der Waals surface area contributed by atoms with E-state index < -0.39 is 18.1 Å². The monoisotopic (exact) mass is 152 g/mol. The Hall–Kier alpha value is -1.22. The normalized spacial score (nSPS) is 9.64. The third-order valence-electron chi connectivity index (χ3n) is 1.33. The lowest BCUT2D eigenvalue weighted by Gasteiger charge is -1.96. The summed E-state index contributed by atoms with van der Waals surface area (Å²) in [6, 6.07) is 5.68. The van der Waals surface area contributed by atoms with Crippen molar-refractivity contribution in [1.29, 1.82) is 0 Å². The van der Waals surface area contributed by atoms with Gasteiger partial charge in [0.2, 0.25) is 0 Å². The molecule has 2 nitrogen and oxygen atoms in total. The first-order chi connectivity index (χ1) is 5.25. The van der Waals surface area contributed by atoms with Crippen LogP contribution < -0.4 is 5.73 Å². The Morgan fingerprint density at radius 3 is 2.64 bits per heavy atom. The highest BCUT2D eigenvalue weighted by atomic mass is 19.1. The molecule has 0 amide bonds. The highest BCUT2D eigenvalue weighted by Crippen LogP contribution is 2.05. The molecule has 1 N–H and O–H groups in total. The molecule has 0 aliphatic heterocycles. The van der Waals surface area contributed by atoms with E-state index in [0.29, 0.717) is 0 Å². The molecular weight excluding hydrogens is 145 g/mol. The van der Waals surface area contributed by atoms with E-state index in [1.165, 1.54) is 18.2 Å². The molecule has 57 valence electrons. The Morgan fingerprint density at radius 1 is 1.45 bits per heavy atom. The van der Waals surface area contributed by atoms with Crippen molar-refractivity contribution in [2.45, 2.75) is 0 Å². The zero-order chi connectivity index (χ0) is 8.27. The van der Waals surface area contributed by atoms with Gasteiger partial charge >= 0.3 is 0 Å². The summed E-state index contributed by atoms with van der Waals surface area (Å²) in [5.41, 5.74) is 6.73. The molecule has 0 atom stereocenters. The van der Waals surface area contributed by atoms with Gasteiger partial charge in [-0.2, -0.15) is 0 Å². The summed E-state index contributed by atoms with van der Waals surface area (Å²) in [4.78, 5) is 10.8. The second-order valence-corrected chi connectivity index (χ2v) is 2.08. The van der Waals surface area contributed by atoms with Crippen LogP contribution >= 0.6 is 0 Å². The highest BCUT2D eigenvalue weighted by Gasteiger charge is 2.07. The van der Waals surface area contributed by atoms with E-state index in [1.54, 1.807) is 6.07 Å². The molecule has 0 saturated heterocycles. The van der Waals surface area contributed by atoms with Crippen molar-refractivity contribution in [3.05, 3.63) is 35.6 Å². The van der Waals surface area contributed by atoms with E-state index in [1.807, 2.05) is 0 Å². The van der Waals surface area contributed by atoms with Crippen molar-refractivity contribution in [3.63, 3.8) is 0 Å². The van der Waals surface area contributed by atoms with Gasteiger partial charge in [-0.3, -0.25) is 4.79 Å². The summed E-state index contributed by atoms with van der Waals surface area (Å²) < 4.78 is 12.7. The maximum atomic E-state index is 12.7. The van der Waals surface area contributed by atoms with Crippen LogP contribution in [0.3, 0.4) is 0 Å². The third-order valence-corrected chi connectivity index (χ3v) is 1.33. The van der Waals surface area contributed by atoms with Crippen molar-refractivity contribution in [2.75, 3.05) is 6.54 Å². The van der Waals surface area contributed by atoms with Crippen LogP contribution in [0.1, 0.15) is 10.4 Å². The molecule has 0 bridgehead atoms. The van der Waals surface area contributed by atoms with Gasteiger partial charge in [-0.05, 0) is 12.1 Å². The molecule has 3 heteroatoms. The number of hydrogen-bond acceptors (Lipinski definition) is 1. The predicted molar refractivity (Wildman–Crippen MR) is 38.7 cm³/mol. The van der Waals surface area contributed by atoms with E-state index in [0.717, 1.165) is 0 Å². The summed E-state index contributed by atoms with van der Waals surface area (Å²) in [5, 5.41) is 0. The van der Waals surface area contributed by atoms with E-state index in [4.69, 9.17) is 5.73 Å². The fraction of sp³-hybridized carbons (Fsp3) is 0.125. The van der Waals surface area contributed by atoms with E-state index in [9.17, 15) is 9.18 Å². The number of carbonyl (C=O) groups is 1. The largest absolute Gasteiger partial charge is 0.293 e. The van der Waals surface area contributed by atoms with Gasteiger partial charge in [0.15, 0.2) is 5.78 Å². The van der Waals surface area contributed by atoms with Crippen molar-refractivity contribution in [2.24, 2.45) is 0 Å². The zero-order valence-corrected chi connectivity index (χ0v) is 5.80. The zero-order valence-electron chi connectivity index (χ0n) is 5.80. The van der Waals surface area contributed by atoms with Gasteiger partial charge in [-0.1, -0.05) is 12.1 Å². The summed E-state index contributed by atoms with van der Waals surface area (Å²) in [6.07, 6.45) is 0. The molecule has 0 unspecified atom stereocenters. The highest BCUT2D eigenvalue weighted by molar-refractivity contribution is 5.97. The standard InChI is InChI=1S/C8H7FNO/c9-7-4-2-1-3-6(7)8(11)5-10/h1-4,10H,5H2. The molecule has 1 radical (unpaired) electrons. The number of halogens is 1. The summed E-state index contributed by atoms with van der Waals surface area (Å²) in [5.74, 6) is -1.03. The van der Waals surface area contributed by atoms with Crippen molar-refractivity contribution in [1.82, 2.24) is 5.73 Å². The molecule has 0 aliphatic rings. The number of Topliss-reactive ketones (excluding diaryl/α,β-unsaturated/α-hetero) is 1. The number of nitrogens with one attached hydrogen (secondary N) is 1. The Morgan fingerprint density at radius 2 is 2.09 bits per heavy atom. The van der Waals surface area contributed by atoms with Gasteiger partial charge in [0, 0.05) is 0 Å². The molecule has 1 aromatic carbocycles. The Balaban J connectivity index is 3.03. The minimum atomic E-state index is -0.551. The first kappa shape index (κ1) is 7.88. The van der Waals surface area contributed by atoms with Gasteiger partial charge in [0.1, 0.15) is 5.82 Å². The third kappa shape index (κ3) is 1.62. The molecule has 0 fully saturated rings. The second kappa shape index (κ2) is 3.25. The number of rotatable bonds is 2. The van der Waals surface area contributed by atoms with Crippen LogP contribution in [-0.2, 0) is 0 Å². The summed E-state index contributed by atoms with van der Waals surface area (Å²) >= 11 is 0. The topological polar surface area (TPSA) is 40.9 Å². The van der Waals surface area contributed by atoms with Crippen LogP contribution in [0, 0.1) is 5.82 Å². The van der Waals surface area contributed by atoms with Gasteiger partial charge < -0.3 is 0 Å². The molecule has 0 aliphatic carbocycles. The molecule has 1 rings (SSSR count). The number of hydrogen-bond donors (Lipinski definition) is 0. The van der Waals surface area contributed by atoms with Crippen LogP contribution in [-0.4, -0.2) is 12.3 Å². The molecule has 0 heterocycles. The van der Waals surface area contributed by atoms with Crippen molar-refractivity contribution < 1.29 is 9.18 Å². The molecule has 11 heavy (non-hydrogen) atoms. The molecule has 1 aromatic rings. The smallest absolute Gasteiger partial charge is 0.180 e. The minimum Gasteiger partial charge on any atom is -0.293 e. The predicted octanol–water partition coefficient (Wildman–Crippen LogP) is 1.29. The first-order valence-electron chi connectivity index (χ1n) is 3.18. The van der Waals surface area contributed by atoms with Crippen molar-refractivity contribution >= 4 is 5.78 Å². The van der Waals surface area contributed by atoms with Crippen LogP contribution in [0.2, 0.25) is 0 Å². The molecular formula is C8H7FNO. The van der Waals surface area contributed by atoms with Gasteiger partial charge in [0.25, 0.3) is 0 Å². The fourth-order valence-electron chi connectivity index (χ4n) is 0.783. The SMILES string of the molecule is [NH]CC(=O)c1ccccc1F. The number of ketones is 1.